The van der Waals surface area contributed by atoms with Crippen molar-refractivity contribution in [2.24, 2.45) is 0 Å². The third kappa shape index (κ3) is 4.00. The highest BCUT2D eigenvalue weighted by atomic mass is 32.1. The molecule has 27 heavy (non-hydrogen) atoms. The van der Waals surface area contributed by atoms with E-state index in [0.29, 0.717) is 12.0 Å². The van der Waals surface area contributed by atoms with Gasteiger partial charge in [-0.1, -0.05) is 6.42 Å². The normalized spacial score (nSPS) is 20.7. The fourth-order valence-corrected chi connectivity index (χ4v) is 4.45. The summed E-state index contributed by atoms with van der Waals surface area (Å²) < 4.78 is 6.10. The van der Waals surface area contributed by atoms with E-state index in [-0.39, 0.29) is 11.6 Å². The minimum Gasteiger partial charge on any atom is -0.358 e. The highest BCUT2D eigenvalue weighted by Crippen LogP contribution is 2.35. The van der Waals surface area contributed by atoms with Gasteiger partial charge in [0.2, 0.25) is 5.13 Å². The molecule has 1 atom stereocenters. The monoisotopic (exact) mass is 388 g/mol. The van der Waals surface area contributed by atoms with Crippen LogP contribution in [0.4, 0.5) is 10.9 Å². The van der Waals surface area contributed by atoms with Crippen LogP contribution in [0.3, 0.4) is 0 Å². The molecule has 1 saturated heterocycles. The van der Waals surface area contributed by atoms with Crippen LogP contribution >= 0.6 is 11.5 Å². The molecule has 0 amide bonds. The van der Waals surface area contributed by atoms with Crippen molar-refractivity contribution in [3.05, 3.63) is 28.3 Å². The van der Waals surface area contributed by atoms with Crippen LogP contribution in [-0.4, -0.2) is 38.3 Å². The van der Waals surface area contributed by atoms with Crippen molar-refractivity contribution in [3.63, 3.8) is 0 Å². The number of anilines is 2. The van der Waals surface area contributed by atoms with Gasteiger partial charge in [0.15, 0.2) is 0 Å². The van der Waals surface area contributed by atoms with Gasteiger partial charge in [0.1, 0.15) is 11.6 Å². The Morgan fingerprint density at radius 3 is 2.81 bits per heavy atom. The quantitative estimate of drug-likeness (QED) is 0.817. The summed E-state index contributed by atoms with van der Waals surface area (Å²) in [5, 5.41) is 9.04. The Bertz CT molecular complexity index is 828. The first kappa shape index (κ1) is 18.4. The first-order valence-corrected chi connectivity index (χ1v) is 10.8. The van der Waals surface area contributed by atoms with Crippen molar-refractivity contribution in [1.29, 1.82) is 0 Å². The van der Waals surface area contributed by atoms with E-state index in [1.807, 2.05) is 19.9 Å². The Morgan fingerprint density at radius 1 is 1.22 bits per heavy atom. The number of hydrogen-bond acceptors (Lipinski definition) is 7. The summed E-state index contributed by atoms with van der Waals surface area (Å²) in [5.41, 5.74) is -0.0437. The lowest BCUT2D eigenvalue weighted by Crippen LogP contribution is -2.45. The summed E-state index contributed by atoms with van der Waals surface area (Å²) >= 11 is 1.47. The van der Waals surface area contributed by atoms with E-state index in [1.165, 1.54) is 37.2 Å². The molecule has 1 aliphatic carbocycles. The van der Waals surface area contributed by atoms with Crippen molar-refractivity contribution < 1.29 is 0 Å². The smallest absolute Gasteiger partial charge is 0.267 e. The van der Waals surface area contributed by atoms with Crippen LogP contribution in [0, 0.1) is 0 Å². The fourth-order valence-electron chi connectivity index (χ4n) is 3.80. The van der Waals surface area contributed by atoms with Gasteiger partial charge in [0.05, 0.1) is 6.04 Å². The standard InChI is InChI=1S/C19H28N6OS/c1-13(2)25-17(26)10-9-16(22-25)24-11-4-3-8-15(24)12-20-19-21-18(23-27-19)14-6-5-7-14/h9-10,13-15H,3-8,11-12H2,1-2H3,(H,20,21,23). The number of piperidine rings is 1. The van der Waals surface area contributed by atoms with E-state index in [0.717, 1.165) is 42.7 Å². The minimum atomic E-state index is -0.0437. The van der Waals surface area contributed by atoms with Crippen LogP contribution < -0.4 is 15.8 Å². The van der Waals surface area contributed by atoms with Crippen molar-refractivity contribution in [3.8, 4) is 0 Å². The molecule has 4 rings (SSSR count). The Morgan fingerprint density at radius 2 is 2.07 bits per heavy atom. The van der Waals surface area contributed by atoms with Crippen LogP contribution in [0.5, 0.6) is 0 Å². The molecule has 2 fully saturated rings. The van der Waals surface area contributed by atoms with Gasteiger partial charge in [-0.2, -0.15) is 9.47 Å². The predicted octanol–water partition coefficient (Wildman–Crippen LogP) is 3.41. The molecule has 7 nitrogen and oxygen atoms in total. The first-order chi connectivity index (χ1) is 13.1. The number of nitrogens with zero attached hydrogens (tertiary/aromatic N) is 5. The molecule has 2 aliphatic rings. The van der Waals surface area contributed by atoms with Gasteiger partial charge in [-0.05, 0) is 52.0 Å². The fraction of sp³-hybridized carbons (Fsp3) is 0.684. The lowest BCUT2D eigenvalue weighted by atomic mass is 9.85. The van der Waals surface area contributed by atoms with Gasteiger partial charge in [-0.25, -0.2) is 9.67 Å². The maximum Gasteiger partial charge on any atom is 0.267 e. The molecule has 8 heteroatoms. The summed E-state index contributed by atoms with van der Waals surface area (Å²) in [4.78, 5) is 19.0. The van der Waals surface area contributed by atoms with Crippen LogP contribution in [0.25, 0.3) is 0 Å². The molecule has 1 unspecified atom stereocenters. The SMILES string of the molecule is CC(C)n1nc(N2CCCCC2CNc2nc(C3CCC3)ns2)ccc1=O. The molecule has 0 spiro atoms. The molecule has 0 radical (unpaired) electrons. The maximum atomic E-state index is 12.0. The molecule has 1 aliphatic heterocycles. The lowest BCUT2D eigenvalue weighted by Gasteiger charge is -2.36. The second-order valence-corrected chi connectivity index (χ2v) is 8.63. The molecular weight excluding hydrogens is 360 g/mol. The maximum absolute atomic E-state index is 12.0. The van der Waals surface area contributed by atoms with Crippen LogP contribution in [0.15, 0.2) is 16.9 Å². The van der Waals surface area contributed by atoms with Gasteiger partial charge >= 0.3 is 0 Å². The van der Waals surface area contributed by atoms with Crippen molar-refractivity contribution in [1.82, 2.24) is 19.1 Å². The third-order valence-corrected chi connectivity index (χ3v) is 6.31. The van der Waals surface area contributed by atoms with Crippen molar-refractivity contribution in [2.75, 3.05) is 23.3 Å². The number of hydrogen-bond donors (Lipinski definition) is 1. The molecular formula is C19H28N6OS. The Kier molecular flexibility index (Phi) is 5.43. The second-order valence-electron chi connectivity index (χ2n) is 7.88. The van der Waals surface area contributed by atoms with E-state index in [2.05, 4.69) is 24.7 Å². The summed E-state index contributed by atoms with van der Waals surface area (Å²) in [5.74, 6) is 2.48. The lowest BCUT2D eigenvalue weighted by molar-refractivity contribution is 0.405. The van der Waals surface area contributed by atoms with Gasteiger partial charge in [0, 0.05) is 42.6 Å². The van der Waals surface area contributed by atoms with E-state index in [4.69, 9.17) is 0 Å². The number of rotatable bonds is 6. The zero-order chi connectivity index (χ0) is 18.8. The molecule has 2 aromatic heterocycles. The largest absolute Gasteiger partial charge is 0.358 e. The van der Waals surface area contributed by atoms with Crippen LogP contribution in [-0.2, 0) is 0 Å². The summed E-state index contributed by atoms with van der Waals surface area (Å²) in [6, 6.07) is 3.90. The molecule has 1 saturated carbocycles. The molecule has 2 aromatic rings. The van der Waals surface area contributed by atoms with Gasteiger partial charge in [-0.3, -0.25) is 4.79 Å². The van der Waals surface area contributed by atoms with Crippen LogP contribution in [0.2, 0.25) is 0 Å². The van der Waals surface area contributed by atoms with Crippen molar-refractivity contribution in [2.45, 2.75) is 70.4 Å². The topological polar surface area (TPSA) is 75.9 Å². The predicted molar refractivity (Wildman–Crippen MR) is 109 cm³/mol. The second kappa shape index (κ2) is 7.96. The molecule has 146 valence electrons. The molecule has 0 aromatic carbocycles. The van der Waals surface area contributed by atoms with Gasteiger partial charge < -0.3 is 10.2 Å². The summed E-state index contributed by atoms with van der Waals surface area (Å²) in [7, 11) is 0. The van der Waals surface area contributed by atoms with E-state index in [1.54, 1.807) is 10.7 Å². The Hall–Kier alpha value is -1.96. The Labute approximate surface area is 164 Å². The number of nitrogens with one attached hydrogen (secondary N) is 1. The molecule has 0 bridgehead atoms. The third-order valence-electron chi connectivity index (χ3n) is 5.62. The van der Waals surface area contributed by atoms with Crippen LogP contribution in [0.1, 0.15) is 70.2 Å². The number of aromatic nitrogens is 4. The molecule has 3 heterocycles. The highest BCUT2D eigenvalue weighted by Gasteiger charge is 2.26. The average Bonchev–Trinajstić information content (AvgIpc) is 3.07. The Balaban J connectivity index is 1.45. The summed E-state index contributed by atoms with van der Waals surface area (Å²) in [6.45, 7) is 5.77. The first-order valence-electron chi connectivity index (χ1n) is 10.1. The zero-order valence-electron chi connectivity index (χ0n) is 16.1. The van der Waals surface area contributed by atoms with E-state index >= 15 is 0 Å². The summed E-state index contributed by atoms with van der Waals surface area (Å²) in [6.07, 6.45) is 7.24. The van der Waals surface area contributed by atoms with E-state index in [9.17, 15) is 4.79 Å². The van der Waals surface area contributed by atoms with E-state index < -0.39 is 0 Å². The average molecular weight is 389 g/mol. The van der Waals surface area contributed by atoms with Gasteiger partial charge in [-0.15, -0.1) is 0 Å². The van der Waals surface area contributed by atoms with Gasteiger partial charge in [0.25, 0.3) is 5.56 Å². The minimum absolute atomic E-state index is 0.0437. The highest BCUT2D eigenvalue weighted by molar-refractivity contribution is 7.09. The van der Waals surface area contributed by atoms with Crippen molar-refractivity contribution >= 4 is 22.5 Å². The molecule has 1 N–H and O–H groups in total. The zero-order valence-corrected chi connectivity index (χ0v) is 16.9.